The molecule has 1 saturated heterocycles. The fourth-order valence-corrected chi connectivity index (χ4v) is 3.38. The third-order valence-corrected chi connectivity index (χ3v) is 4.79. The van der Waals surface area contributed by atoms with E-state index in [0.29, 0.717) is 12.3 Å². The molecule has 2 aromatic carbocycles. The second-order valence-corrected chi connectivity index (χ2v) is 6.50. The Morgan fingerprint density at radius 1 is 1.24 bits per heavy atom. The fraction of sp³-hybridized carbons (Fsp3) is 0.211. The zero-order chi connectivity index (χ0) is 20.4. The summed E-state index contributed by atoms with van der Waals surface area (Å²) in [6, 6.07) is 11.9. The molecule has 0 bridgehead atoms. The van der Waals surface area contributed by atoms with Crippen LogP contribution in [0.4, 0.5) is 5.69 Å². The summed E-state index contributed by atoms with van der Waals surface area (Å²) < 4.78 is 10.3. The third kappa shape index (κ3) is 3.59. The summed E-state index contributed by atoms with van der Waals surface area (Å²) in [5, 5.41) is 17.8. The molecule has 2 aliphatic rings. The van der Waals surface area contributed by atoms with Crippen molar-refractivity contribution >= 4 is 23.7 Å². The van der Waals surface area contributed by atoms with Crippen LogP contribution in [-0.2, 0) is 9.59 Å². The van der Waals surface area contributed by atoms with Gasteiger partial charge < -0.3 is 14.8 Å². The molecule has 2 amide bonds. The van der Waals surface area contributed by atoms with Crippen molar-refractivity contribution in [2.24, 2.45) is 11.0 Å². The van der Waals surface area contributed by atoms with E-state index in [0.717, 1.165) is 11.8 Å². The first-order valence-corrected chi connectivity index (χ1v) is 8.78. The lowest BCUT2D eigenvalue weighted by molar-refractivity contribution is -0.385. The molecule has 2 aliphatic heterocycles. The minimum atomic E-state index is -0.943. The van der Waals surface area contributed by atoms with Crippen LogP contribution >= 0.6 is 0 Å². The van der Waals surface area contributed by atoms with E-state index in [1.165, 1.54) is 12.1 Å². The van der Waals surface area contributed by atoms with Crippen molar-refractivity contribution in [3.05, 3.63) is 63.7 Å². The van der Waals surface area contributed by atoms with E-state index in [2.05, 4.69) is 15.8 Å². The Labute approximate surface area is 164 Å². The molecule has 10 nitrogen and oxygen atoms in total. The topological polar surface area (TPSA) is 132 Å². The Balaban J connectivity index is 1.51. The van der Waals surface area contributed by atoms with Gasteiger partial charge in [-0.1, -0.05) is 30.3 Å². The highest BCUT2D eigenvalue weighted by Crippen LogP contribution is 2.37. The van der Waals surface area contributed by atoms with Gasteiger partial charge >= 0.3 is 0 Å². The Hall–Kier alpha value is -3.95. The maximum absolute atomic E-state index is 12.6. The molecule has 1 fully saturated rings. The van der Waals surface area contributed by atoms with Crippen molar-refractivity contribution < 1.29 is 24.0 Å². The van der Waals surface area contributed by atoms with Crippen LogP contribution < -0.4 is 20.2 Å². The van der Waals surface area contributed by atoms with E-state index in [-0.39, 0.29) is 35.6 Å². The molecule has 148 valence electrons. The van der Waals surface area contributed by atoms with Crippen molar-refractivity contribution in [2.45, 2.75) is 5.92 Å². The number of nitro groups is 1. The van der Waals surface area contributed by atoms with Crippen LogP contribution in [0, 0.1) is 16.0 Å². The number of benzene rings is 2. The SMILES string of the molecule is O=C1NCC(c2ccccc2)C1C(=O)N/N=C\c1cc2c(cc1[N+](=O)[O-])OCO2. The third-order valence-electron chi connectivity index (χ3n) is 4.79. The number of hydrogen-bond donors (Lipinski definition) is 2. The van der Waals surface area contributed by atoms with Gasteiger partial charge in [-0.05, 0) is 11.6 Å². The fourth-order valence-electron chi connectivity index (χ4n) is 3.38. The van der Waals surface area contributed by atoms with Crippen LogP contribution in [0.2, 0.25) is 0 Å². The average Bonchev–Trinajstić information content (AvgIpc) is 3.33. The van der Waals surface area contributed by atoms with Gasteiger partial charge in [0.25, 0.3) is 11.6 Å². The molecule has 0 saturated carbocycles. The van der Waals surface area contributed by atoms with Gasteiger partial charge in [0.15, 0.2) is 11.5 Å². The first-order chi connectivity index (χ1) is 14.0. The lowest BCUT2D eigenvalue weighted by atomic mass is 9.88. The van der Waals surface area contributed by atoms with Gasteiger partial charge in [-0.25, -0.2) is 5.43 Å². The van der Waals surface area contributed by atoms with Crippen LogP contribution in [0.1, 0.15) is 17.0 Å². The van der Waals surface area contributed by atoms with Gasteiger partial charge in [-0.2, -0.15) is 5.10 Å². The number of rotatable bonds is 5. The summed E-state index contributed by atoms with van der Waals surface area (Å²) in [6.45, 7) is 0.319. The van der Waals surface area contributed by atoms with E-state index in [1.807, 2.05) is 30.3 Å². The number of nitro benzene ring substituents is 1. The molecular weight excluding hydrogens is 380 g/mol. The van der Waals surface area contributed by atoms with Crippen molar-refractivity contribution in [3.63, 3.8) is 0 Å². The Kier molecular flexibility index (Phi) is 4.82. The first-order valence-electron chi connectivity index (χ1n) is 8.78. The van der Waals surface area contributed by atoms with Crippen LogP contribution in [0.5, 0.6) is 11.5 Å². The van der Waals surface area contributed by atoms with Crippen molar-refractivity contribution in [2.75, 3.05) is 13.3 Å². The lowest BCUT2D eigenvalue weighted by Crippen LogP contribution is -2.34. The minimum absolute atomic E-state index is 0.0263. The minimum Gasteiger partial charge on any atom is -0.454 e. The van der Waals surface area contributed by atoms with Crippen LogP contribution in [0.15, 0.2) is 47.6 Å². The molecular formula is C19H16N4O6. The number of hydrogen-bond acceptors (Lipinski definition) is 7. The molecule has 2 atom stereocenters. The number of fused-ring (bicyclic) bond motifs is 1. The second-order valence-electron chi connectivity index (χ2n) is 6.50. The van der Waals surface area contributed by atoms with Gasteiger partial charge in [0.05, 0.1) is 22.8 Å². The highest BCUT2D eigenvalue weighted by atomic mass is 16.7. The molecule has 0 aromatic heterocycles. The zero-order valence-electron chi connectivity index (χ0n) is 15.0. The summed E-state index contributed by atoms with van der Waals surface area (Å²) in [5.41, 5.74) is 3.07. The molecule has 0 spiro atoms. The predicted molar refractivity (Wildman–Crippen MR) is 101 cm³/mol. The molecule has 0 aliphatic carbocycles. The van der Waals surface area contributed by atoms with Gasteiger partial charge in [0.1, 0.15) is 5.92 Å². The molecule has 2 unspecified atom stereocenters. The first kappa shape index (κ1) is 18.4. The summed E-state index contributed by atoms with van der Waals surface area (Å²) in [6.07, 6.45) is 1.14. The molecule has 4 rings (SSSR count). The number of ether oxygens (including phenoxy) is 2. The number of carbonyl (C=O) groups excluding carboxylic acids is 2. The smallest absolute Gasteiger partial charge is 0.282 e. The van der Waals surface area contributed by atoms with E-state index in [1.54, 1.807) is 0 Å². The summed E-state index contributed by atoms with van der Waals surface area (Å²) in [7, 11) is 0. The van der Waals surface area contributed by atoms with Crippen LogP contribution in [0.25, 0.3) is 0 Å². The summed E-state index contributed by atoms with van der Waals surface area (Å²) >= 11 is 0. The zero-order valence-corrected chi connectivity index (χ0v) is 15.0. The standard InChI is InChI=1S/C19H16N4O6/c24-18-17(13(9-20-18)11-4-2-1-3-5-11)19(25)22-21-8-12-6-15-16(29-10-28-15)7-14(12)23(26)27/h1-8,13,17H,9-10H2,(H,20,24)(H,22,25)/b21-8-. The molecule has 2 heterocycles. The largest absolute Gasteiger partial charge is 0.454 e. The van der Waals surface area contributed by atoms with E-state index in [9.17, 15) is 19.7 Å². The Morgan fingerprint density at radius 3 is 2.69 bits per heavy atom. The molecule has 0 radical (unpaired) electrons. The van der Waals surface area contributed by atoms with E-state index < -0.39 is 16.7 Å². The number of hydrazone groups is 1. The van der Waals surface area contributed by atoms with Crippen molar-refractivity contribution in [3.8, 4) is 11.5 Å². The van der Waals surface area contributed by atoms with Crippen molar-refractivity contribution in [1.29, 1.82) is 0 Å². The van der Waals surface area contributed by atoms with E-state index in [4.69, 9.17) is 9.47 Å². The van der Waals surface area contributed by atoms with Gasteiger partial charge in [-0.3, -0.25) is 19.7 Å². The number of nitrogens with zero attached hydrogens (tertiary/aromatic N) is 2. The average molecular weight is 396 g/mol. The predicted octanol–water partition coefficient (Wildman–Crippen LogP) is 1.30. The summed E-state index contributed by atoms with van der Waals surface area (Å²) in [5.74, 6) is -1.62. The molecule has 10 heteroatoms. The second kappa shape index (κ2) is 7.58. The lowest BCUT2D eigenvalue weighted by Gasteiger charge is -2.15. The molecule has 2 aromatic rings. The molecule has 2 N–H and O–H groups in total. The monoisotopic (exact) mass is 396 g/mol. The van der Waals surface area contributed by atoms with Gasteiger partial charge in [0.2, 0.25) is 12.7 Å². The highest BCUT2D eigenvalue weighted by Gasteiger charge is 2.41. The maximum Gasteiger partial charge on any atom is 0.282 e. The van der Waals surface area contributed by atoms with Gasteiger partial charge in [0, 0.05) is 12.5 Å². The van der Waals surface area contributed by atoms with Crippen LogP contribution in [0.3, 0.4) is 0 Å². The maximum atomic E-state index is 12.6. The Morgan fingerprint density at radius 2 is 1.97 bits per heavy atom. The van der Waals surface area contributed by atoms with Crippen LogP contribution in [-0.4, -0.2) is 36.3 Å². The number of amides is 2. The van der Waals surface area contributed by atoms with Gasteiger partial charge in [-0.15, -0.1) is 0 Å². The number of carbonyl (C=O) groups is 2. The molecule has 29 heavy (non-hydrogen) atoms. The van der Waals surface area contributed by atoms with Crippen molar-refractivity contribution in [1.82, 2.24) is 10.7 Å². The normalized spacial score (nSPS) is 19.9. The number of nitrogens with one attached hydrogen (secondary N) is 2. The quantitative estimate of drug-likeness (QED) is 0.339. The van der Waals surface area contributed by atoms with E-state index >= 15 is 0 Å². The summed E-state index contributed by atoms with van der Waals surface area (Å²) in [4.78, 5) is 35.4. The highest BCUT2D eigenvalue weighted by molar-refractivity contribution is 6.03. The Bertz CT molecular complexity index is 1010.